The number of hydrogen-bond donors (Lipinski definition) is 0. The summed E-state index contributed by atoms with van der Waals surface area (Å²) in [5.41, 5.74) is 0. The summed E-state index contributed by atoms with van der Waals surface area (Å²) < 4.78 is 16.7. The van der Waals surface area contributed by atoms with E-state index in [0.717, 1.165) is 77.0 Å². The maximum absolute atomic E-state index is 12.8. The molecule has 1 unspecified atom stereocenters. The van der Waals surface area contributed by atoms with Crippen molar-refractivity contribution in [2.45, 2.75) is 232 Å². The minimum atomic E-state index is -0.818. The molecule has 0 fully saturated rings. The van der Waals surface area contributed by atoms with Crippen LogP contribution in [-0.2, 0) is 28.6 Å². The fourth-order valence-electron chi connectivity index (χ4n) is 6.69. The van der Waals surface area contributed by atoms with Crippen molar-refractivity contribution < 1.29 is 28.6 Å². The first kappa shape index (κ1) is 59.3. The molecule has 0 aliphatic carbocycles. The van der Waals surface area contributed by atoms with E-state index in [1.54, 1.807) is 0 Å². The molecule has 0 aromatic heterocycles. The lowest BCUT2D eigenvalue weighted by Crippen LogP contribution is -2.30. The summed E-state index contributed by atoms with van der Waals surface area (Å²) in [5, 5.41) is 0. The molecule has 0 saturated heterocycles. The SMILES string of the molecule is CC/C=C\C/C=C\C/C=C\CCCCCCCCCCCC(=O)OCC(COC(=O)CCC/C=C\CCCCCC)OC(=O)CCC/C=C\C/C=C\C/C=C\C/C=C\CCCCC. The lowest BCUT2D eigenvalue weighted by molar-refractivity contribution is -0.167. The molecule has 6 nitrogen and oxygen atoms in total. The quantitative estimate of drug-likeness (QED) is 0.0262. The Morgan fingerprint density at radius 2 is 0.635 bits per heavy atom. The summed E-state index contributed by atoms with van der Waals surface area (Å²) in [6, 6.07) is 0. The van der Waals surface area contributed by atoms with Gasteiger partial charge < -0.3 is 14.2 Å². The third-order valence-corrected chi connectivity index (χ3v) is 10.5. The van der Waals surface area contributed by atoms with Crippen LogP contribution in [0.5, 0.6) is 0 Å². The van der Waals surface area contributed by atoms with Crippen LogP contribution in [0.4, 0.5) is 0 Å². The predicted octanol–water partition coefficient (Wildman–Crippen LogP) is 17.0. The molecule has 0 radical (unpaired) electrons. The van der Waals surface area contributed by atoms with Gasteiger partial charge in [0.1, 0.15) is 13.2 Å². The maximum atomic E-state index is 12.8. The van der Waals surface area contributed by atoms with Crippen molar-refractivity contribution in [3.05, 3.63) is 97.2 Å². The van der Waals surface area contributed by atoms with Crippen molar-refractivity contribution in [1.82, 2.24) is 0 Å². The van der Waals surface area contributed by atoms with Crippen LogP contribution in [0.25, 0.3) is 0 Å². The maximum Gasteiger partial charge on any atom is 0.306 e. The topological polar surface area (TPSA) is 78.9 Å². The highest BCUT2D eigenvalue weighted by Gasteiger charge is 2.19. The van der Waals surface area contributed by atoms with Gasteiger partial charge in [-0.2, -0.15) is 0 Å². The van der Waals surface area contributed by atoms with Gasteiger partial charge in [-0.1, -0.05) is 195 Å². The zero-order valence-corrected chi connectivity index (χ0v) is 40.8. The van der Waals surface area contributed by atoms with E-state index in [9.17, 15) is 14.4 Å². The minimum absolute atomic E-state index is 0.112. The first-order valence-electron chi connectivity index (χ1n) is 25.7. The standard InChI is InChI=1S/C57H94O6/c1-4-7-10-13-16-19-21-23-25-27-28-30-31-33-35-38-41-44-47-50-56(59)62-53-54(52-61-55(58)49-46-43-40-37-18-15-12-9-6-3)63-57(60)51-48-45-42-39-36-34-32-29-26-24-22-20-17-14-11-8-5-2/h7,10,16-17,19-20,23-26,32,34,37,39-40,42,54H,4-6,8-9,11-15,18,21-22,27-31,33,35-36,38,41,43-53H2,1-3H3/b10-7-,19-16-,20-17-,25-23-,26-24-,34-32-,40-37-,42-39-. The van der Waals surface area contributed by atoms with Crippen LogP contribution in [0.2, 0.25) is 0 Å². The van der Waals surface area contributed by atoms with Crippen molar-refractivity contribution >= 4 is 17.9 Å². The average molecular weight is 875 g/mol. The third-order valence-electron chi connectivity index (χ3n) is 10.5. The van der Waals surface area contributed by atoms with Crippen LogP contribution >= 0.6 is 0 Å². The van der Waals surface area contributed by atoms with Gasteiger partial charge in [-0.25, -0.2) is 0 Å². The molecule has 0 saturated carbocycles. The molecule has 0 aliphatic heterocycles. The lowest BCUT2D eigenvalue weighted by atomic mass is 10.1. The summed E-state index contributed by atoms with van der Waals surface area (Å²) in [7, 11) is 0. The number of ether oxygens (including phenoxy) is 3. The minimum Gasteiger partial charge on any atom is -0.462 e. The number of carbonyl (C=O) groups excluding carboxylic acids is 3. The highest BCUT2D eigenvalue weighted by Crippen LogP contribution is 2.13. The van der Waals surface area contributed by atoms with E-state index in [1.165, 1.54) is 96.3 Å². The number of allylic oxidation sites excluding steroid dienone is 16. The van der Waals surface area contributed by atoms with E-state index in [-0.39, 0.29) is 37.5 Å². The molecular weight excluding hydrogens is 781 g/mol. The van der Waals surface area contributed by atoms with Crippen LogP contribution in [0.1, 0.15) is 226 Å². The number of esters is 3. The second-order valence-corrected chi connectivity index (χ2v) is 16.7. The van der Waals surface area contributed by atoms with Crippen molar-refractivity contribution in [3.8, 4) is 0 Å². The summed E-state index contributed by atoms with van der Waals surface area (Å²) in [5.74, 6) is -1.01. The monoisotopic (exact) mass is 875 g/mol. The van der Waals surface area contributed by atoms with Crippen LogP contribution in [0.3, 0.4) is 0 Å². The molecule has 63 heavy (non-hydrogen) atoms. The Morgan fingerprint density at radius 1 is 0.333 bits per heavy atom. The Balaban J connectivity index is 4.43. The zero-order valence-electron chi connectivity index (χ0n) is 40.8. The van der Waals surface area contributed by atoms with E-state index in [4.69, 9.17) is 14.2 Å². The molecule has 0 aliphatic rings. The van der Waals surface area contributed by atoms with Gasteiger partial charge in [-0.15, -0.1) is 0 Å². The number of unbranched alkanes of at least 4 members (excludes halogenated alkanes) is 18. The Labute approximate surface area is 387 Å². The fraction of sp³-hybridized carbons (Fsp3) is 0.667. The Morgan fingerprint density at radius 3 is 1.08 bits per heavy atom. The molecule has 358 valence electrons. The van der Waals surface area contributed by atoms with Crippen LogP contribution in [0, 0.1) is 0 Å². The molecule has 0 rings (SSSR count). The first-order valence-corrected chi connectivity index (χ1v) is 25.7. The zero-order chi connectivity index (χ0) is 45.8. The molecule has 0 N–H and O–H groups in total. The highest BCUT2D eigenvalue weighted by atomic mass is 16.6. The molecule has 6 heteroatoms. The number of rotatable bonds is 45. The Bertz CT molecular complexity index is 1280. The first-order chi connectivity index (χ1) is 31.0. The largest absolute Gasteiger partial charge is 0.462 e. The summed E-state index contributed by atoms with van der Waals surface area (Å²) in [6.45, 7) is 6.38. The Hall–Kier alpha value is -3.67. The second kappa shape index (κ2) is 51.0. The normalized spacial score (nSPS) is 12.9. The van der Waals surface area contributed by atoms with Crippen LogP contribution in [0.15, 0.2) is 97.2 Å². The summed E-state index contributed by atoms with van der Waals surface area (Å²) >= 11 is 0. The number of carbonyl (C=O) groups is 3. The highest BCUT2D eigenvalue weighted by molar-refractivity contribution is 5.71. The van der Waals surface area contributed by atoms with Gasteiger partial charge in [0.15, 0.2) is 6.10 Å². The van der Waals surface area contributed by atoms with Gasteiger partial charge in [-0.3, -0.25) is 14.4 Å². The van der Waals surface area contributed by atoms with Crippen LogP contribution < -0.4 is 0 Å². The molecule has 0 heterocycles. The molecule has 1 atom stereocenters. The van der Waals surface area contributed by atoms with Gasteiger partial charge in [0.05, 0.1) is 0 Å². The van der Waals surface area contributed by atoms with E-state index in [2.05, 4.69) is 118 Å². The Kier molecular flexibility index (Phi) is 48.0. The predicted molar refractivity (Wildman–Crippen MR) is 270 cm³/mol. The van der Waals surface area contributed by atoms with Gasteiger partial charge in [0.25, 0.3) is 0 Å². The summed E-state index contributed by atoms with van der Waals surface area (Å²) in [4.78, 5) is 37.9. The van der Waals surface area contributed by atoms with Crippen LogP contribution in [-0.4, -0.2) is 37.2 Å². The average Bonchev–Trinajstić information content (AvgIpc) is 3.28. The van der Waals surface area contributed by atoms with E-state index < -0.39 is 6.10 Å². The van der Waals surface area contributed by atoms with Gasteiger partial charge in [0.2, 0.25) is 0 Å². The molecule has 0 bridgehead atoms. The van der Waals surface area contributed by atoms with Gasteiger partial charge in [0, 0.05) is 19.3 Å². The van der Waals surface area contributed by atoms with Gasteiger partial charge in [-0.05, 0) is 109 Å². The van der Waals surface area contributed by atoms with Crippen molar-refractivity contribution in [3.63, 3.8) is 0 Å². The lowest BCUT2D eigenvalue weighted by Gasteiger charge is -2.18. The van der Waals surface area contributed by atoms with E-state index in [0.29, 0.717) is 25.7 Å². The molecule has 0 aromatic rings. The second-order valence-electron chi connectivity index (χ2n) is 16.7. The fourth-order valence-corrected chi connectivity index (χ4v) is 6.69. The molecule has 0 spiro atoms. The van der Waals surface area contributed by atoms with Gasteiger partial charge >= 0.3 is 17.9 Å². The summed E-state index contributed by atoms with van der Waals surface area (Å²) in [6.07, 6.45) is 66.9. The third kappa shape index (κ3) is 49.2. The van der Waals surface area contributed by atoms with E-state index >= 15 is 0 Å². The molecular formula is C57H94O6. The van der Waals surface area contributed by atoms with Crippen molar-refractivity contribution in [2.75, 3.05) is 13.2 Å². The smallest absolute Gasteiger partial charge is 0.306 e. The van der Waals surface area contributed by atoms with Crippen molar-refractivity contribution in [2.24, 2.45) is 0 Å². The van der Waals surface area contributed by atoms with E-state index in [1.807, 2.05) is 0 Å². The molecule has 0 aromatic carbocycles. The molecule has 0 amide bonds. The van der Waals surface area contributed by atoms with Crippen molar-refractivity contribution in [1.29, 1.82) is 0 Å². The number of hydrogen-bond acceptors (Lipinski definition) is 6.